The molecule has 0 unspecified atom stereocenters. The summed E-state index contributed by atoms with van der Waals surface area (Å²) in [7, 11) is 0. The van der Waals surface area contributed by atoms with Crippen molar-refractivity contribution in [3.05, 3.63) is 52.6 Å². The van der Waals surface area contributed by atoms with Crippen molar-refractivity contribution in [3.63, 3.8) is 0 Å². The van der Waals surface area contributed by atoms with E-state index >= 15 is 0 Å². The van der Waals surface area contributed by atoms with Gasteiger partial charge in [0, 0.05) is 18.4 Å². The van der Waals surface area contributed by atoms with E-state index in [0.717, 1.165) is 29.1 Å². The minimum absolute atomic E-state index is 0.519. The van der Waals surface area contributed by atoms with Gasteiger partial charge in [-0.05, 0) is 37.1 Å². The third kappa shape index (κ3) is 3.17. The molecule has 0 aliphatic carbocycles. The molecular weight excluding hydrogens is 234 g/mol. The summed E-state index contributed by atoms with van der Waals surface area (Å²) in [5, 5.41) is 3.83. The van der Waals surface area contributed by atoms with Crippen LogP contribution >= 0.6 is 11.6 Å². The van der Waals surface area contributed by atoms with E-state index in [1.54, 1.807) is 6.20 Å². The number of nitrogens with one attached hydrogen (secondary N) is 1. The van der Waals surface area contributed by atoms with Gasteiger partial charge < -0.3 is 5.32 Å². The molecule has 88 valence electrons. The Balaban J connectivity index is 2.04. The Morgan fingerprint density at radius 2 is 2.00 bits per heavy atom. The van der Waals surface area contributed by atoms with Crippen molar-refractivity contribution < 1.29 is 0 Å². The van der Waals surface area contributed by atoms with E-state index in [4.69, 9.17) is 11.6 Å². The van der Waals surface area contributed by atoms with Crippen molar-refractivity contribution in [2.75, 3.05) is 5.32 Å². The van der Waals surface area contributed by atoms with Crippen molar-refractivity contribution in [1.29, 1.82) is 0 Å². The van der Waals surface area contributed by atoms with Gasteiger partial charge in [0.1, 0.15) is 5.15 Å². The average Bonchev–Trinajstić information content (AvgIpc) is 2.30. The zero-order valence-electron chi connectivity index (χ0n) is 9.87. The highest BCUT2D eigenvalue weighted by Gasteiger charge is 2.00. The van der Waals surface area contributed by atoms with E-state index in [0.29, 0.717) is 5.15 Å². The van der Waals surface area contributed by atoms with Crippen molar-refractivity contribution in [1.82, 2.24) is 9.97 Å². The number of hydrogen-bond donors (Lipinski definition) is 1. The highest BCUT2D eigenvalue weighted by Crippen LogP contribution is 2.17. The molecule has 0 saturated heterocycles. The van der Waals surface area contributed by atoms with Crippen LogP contribution in [0.2, 0.25) is 5.15 Å². The number of anilines is 1. The summed E-state index contributed by atoms with van der Waals surface area (Å²) in [4.78, 5) is 8.30. The second kappa shape index (κ2) is 5.15. The maximum Gasteiger partial charge on any atom is 0.129 e. The number of pyridine rings is 2. The Bertz CT molecular complexity index is 509. The summed E-state index contributed by atoms with van der Waals surface area (Å²) in [5.74, 6) is 0. The minimum Gasteiger partial charge on any atom is -0.379 e. The average molecular weight is 248 g/mol. The number of rotatable bonds is 3. The summed E-state index contributed by atoms with van der Waals surface area (Å²) < 4.78 is 0. The molecule has 0 aliphatic rings. The summed E-state index contributed by atoms with van der Waals surface area (Å²) in [6, 6.07) is 5.91. The zero-order valence-corrected chi connectivity index (χ0v) is 10.6. The fraction of sp³-hybridized carbons (Fsp3) is 0.231. The topological polar surface area (TPSA) is 37.8 Å². The first kappa shape index (κ1) is 11.9. The van der Waals surface area contributed by atoms with E-state index in [2.05, 4.69) is 21.4 Å². The Labute approximate surface area is 106 Å². The quantitative estimate of drug-likeness (QED) is 0.846. The van der Waals surface area contributed by atoms with Crippen LogP contribution in [0.4, 0.5) is 5.69 Å². The lowest BCUT2D eigenvalue weighted by Gasteiger charge is -2.09. The van der Waals surface area contributed by atoms with Gasteiger partial charge >= 0.3 is 0 Å². The fourth-order valence-electron chi connectivity index (χ4n) is 1.51. The van der Waals surface area contributed by atoms with Crippen LogP contribution < -0.4 is 5.32 Å². The first-order valence-corrected chi connectivity index (χ1v) is 5.80. The van der Waals surface area contributed by atoms with Crippen LogP contribution in [-0.4, -0.2) is 9.97 Å². The molecule has 0 bridgehead atoms. The predicted octanol–water partition coefficient (Wildman–Crippen LogP) is 3.36. The molecule has 3 nitrogen and oxygen atoms in total. The lowest BCUT2D eigenvalue weighted by Crippen LogP contribution is -2.02. The van der Waals surface area contributed by atoms with Crippen molar-refractivity contribution in [3.8, 4) is 0 Å². The summed E-state index contributed by atoms with van der Waals surface area (Å²) in [6.07, 6.45) is 3.63. The van der Waals surface area contributed by atoms with Gasteiger partial charge in [0.05, 0.1) is 11.9 Å². The van der Waals surface area contributed by atoms with Crippen LogP contribution in [0.1, 0.15) is 16.8 Å². The number of aryl methyl sites for hydroxylation is 2. The van der Waals surface area contributed by atoms with Gasteiger partial charge in [0.2, 0.25) is 0 Å². The number of aromatic nitrogens is 2. The smallest absolute Gasteiger partial charge is 0.129 e. The normalized spacial score (nSPS) is 10.3. The van der Waals surface area contributed by atoms with Crippen molar-refractivity contribution >= 4 is 17.3 Å². The van der Waals surface area contributed by atoms with Gasteiger partial charge in [-0.2, -0.15) is 0 Å². The molecule has 0 radical (unpaired) electrons. The fourth-order valence-corrected chi connectivity index (χ4v) is 1.72. The first-order chi connectivity index (χ1) is 8.15. The highest BCUT2D eigenvalue weighted by atomic mass is 35.5. The number of nitrogens with zero attached hydrogens (tertiary/aromatic N) is 2. The van der Waals surface area contributed by atoms with Gasteiger partial charge in [0.25, 0.3) is 0 Å². The van der Waals surface area contributed by atoms with E-state index < -0.39 is 0 Å². The van der Waals surface area contributed by atoms with Gasteiger partial charge in [-0.1, -0.05) is 17.7 Å². The maximum absolute atomic E-state index is 5.80. The van der Waals surface area contributed by atoms with Gasteiger partial charge in [0.15, 0.2) is 0 Å². The standard InChI is InChI=1S/C13H14ClN3/c1-9-5-13(14)17-8-12(9)16-7-11-4-3-10(2)15-6-11/h3-6,8,16H,7H2,1-2H3. The van der Waals surface area contributed by atoms with Crippen molar-refractivity contribution in [2.45, 2.75) is 20.4 Å². The molecule has 0 amide bonds. The Hall–Kier alpha value is -1.61. The zero-order chi connectivity index (χ0) is 12.3. The molecule has 2 heterocycles. The van der Waals surface area contributed by atoms with Crippen LogP contribution in [-0.2, 0) is 6.54 Å². The molecule has 4 heteroatoms. The Kier molecular flexibility index (Phi) is 3.59. The molecule has 0 spiro atoms. The molecule has 0 aliphatic heterocycles. The monoisotopic (exact) mass is 247 g/mol. The van der Waals surface area contributed by atoms with Crippen molar-refractivity contribution in [2.24, 2.45) is 0 Å². The van der Waals surface area contributed by atoms with Crippen LogP contribution in [0.3, 0.4) is 0 Å². The maximum atomic E-state index is 5.80. The third-order valence-corrected chi connectivity index (χ3v) is 2.74. The summed E-state index contributed by atoms with van der Waals surface area (Å²) in [5.41, 5.74) is 4.25. The van der Waals surface area contributed by atoms with E-state index in [1.165, 1.54) is 0 Å². The first-order valence-electron chi connectivity index (χ1n) is 5.43. The molecule has 2 aromatic rings. The van der Waals surface area contributed by atoms with Crippen LogP contribution in [0, 0.1) is 13.8 Å². The lowest BCUT2D eigenvalue weighted by atomic mass is 10.2. The molecule has 0 aromatic carbocycles. The van der Waals surface area contributed by atoms with E-state index in [1.807, 2.05) is 32.2 Å². The molecule has 0 saturated carbocycles. The minimum atomic E-state index is 0.519. The third-order valence-electron chi connectivity index (χ3n) is 2.53. The number of halogens is 1. The number of hydrogen-bond acceptors (Lipinski definition) is 3. The molecule has 2 rings (SSSR count). The van der Waals surface area contributed by atoms with Crippen LogP contribution in [0.25, 0.3) is 0 Å². The SMILES string of the molecule is Cc1ccc(CNc2cnc(Cl)cc2C)cn1. The molecule has 0 atom stereocenters. The second-order valence-electron chi connectivity index (χ2n) is 3.98. The Morgan fingerprint density at radius 1 is 1.18 bits per heavy atom. The Morgan fingerprint density at radius 3 is 2.65 bits per heavy atom. The molecule has 0 fully saturated rings. The lowest BCUT2D eigenvalue weighted by molar-refractivity contribution is 1.08. The van der Waals surface area contributed by atoms with Gasteiger partial charge in [-0.15, -0.1) is 0 Å². The van der Waals surface area contributed by atoms with Crippen LogP contribution in [0.5, 0.6) is 0 Å². The predicted molar refractivity (Wildman–Crippen MR) is 70.3 cm³/mol. The summed E-state index contributed by atoms with van der Waals surface area (Å²) in [6.45, 7) is 4.71. The van der Waals surface area contributed by atoms with Crippen LogP contribution in [0.15, 0.2) is 30.6 Å². The van der Waals surface area contributed by atoms with E-state index in [-0.39, 0.29) is 0 Å². The molecule has 2 aromatic heterocycles. The van der Waals surface area contributed by atoms with E-state index in [9.17, 15) is 0 Å². The highest BCUT2D eigenvalue weighted by molar-refractivity contribution is 6.29. The molecule has 1 N–H and O–H groups in total. The molecule has 17 heavy (non-hydrogen) atoms. The van der Waals surface area contributed by atoms with Gasteiger partial charge in [-0.25, -0.2) is 4.98 Å². The summed E-state index contributed by atoms with van der Waals surface area (Å²) >= 11 is 5.80. The largest absolute Gasteiger partial charge is 0.379 e. The van der Waals surface area contributed by atoms with Gasteiger partial charge in [-0.3, -0.25) is 4.98 Å². The second-order valence-corrected chi connectivity index (χ2v) is 4.37. The molecular formula is C13H14ClN3.